The molecule has 6 rings (SSSR count). The number of amides is 1. The van der Waals surface area contributed by atoms with Gasteiger partial charge in [0.2, 0.25) is 11.7 Å². The number of carbonyl (C=O) groups is 1. The molecule has 1 saturated heterocycles. The molecule has 1 amide bonds. The zero-order chi connectivity index (χ0) is 27.8. The summed E-state index contributed by atoms with van der Waals surface area (Å²) in [6, 6.07) is 23.6. The van der Waals surface area contributed by atoms with Gasteiger partial charge in [-0.1, -0.05) is 54.1 Å². The fraction of sp³-hybridized carbons (Fsp3) is 0.290. The molecular formula is C31H31ClN6O2. The normalized spacial score (nSPS) is 15.7. The lowest BCUT2D eigenvalue weighted by molar-refractivity contribution is -0.131. The number of fused-ring (bicyclic) bond motifs is 3. The first-order chi connectivity index (χ1) is 19.4. The topological polar surface area (TPSA) is 75.7 Å². The second kappa shape index (κ2) is 10.8. The number of halogens is 1. The van der Waals surface area contributed by atoms with Crippen LogP contribution in [-0.4, -0.2) is 55.6 Å². The van der Waals surface area contributed by atoms with Crippen LogP contribution in [0.3, 0.4) is 0 Å². The summed E-state index contributed by atoms with van der Waals surface area (Å²) in [4.78, 5) is 31.1. The van der Waals surface area contributed by atoms with E-state index in [2.05, 4.69) is 53.2 Å². The van der Waals surface area contributed by atoms with Crippen molar-refractivity contribution in [3.8, 4) is 0 Å². The van der Waals surface area contributed by atoms with Crippen LogP contribution in [0.4, 0.5) is 5.69 Å². The molecule has 0 bridgehead atoms. The maximum atomic E-state index is 13.5. The molecule has 1 atom stereocenters. The maximum absolute atomic E-state index is 13.5. The molecule has 40 heavy (non-hydrogen) atoms. The summed E-state index contributed by atoms with van der Waals surface area (Å²) in [5.41, 5.74) is 3.82. The first-order valence-corrected chi connectivity index (χ1v) is 14.0. The van der Waals surface area contributed by atoms with Gasteiger partial charge in [-0.25, -0.2) is 0 Å². The number of hydrogen-bond donors (Lipinski definition) is 0. The van der Waals surface area contributed by atoms with Gasteiger partial charge in [0.05, 0.1) is 17.4 Å². The van der Waals surface area contributed by atoms with Crippen molar-refractivity contribution in [1.82, 2.24) is 24.1 Å². The van der Waals surface area contributed by atoms with Gasteiger partial charge in [0.1, 0.15) is 5.82 Å². The van der Waals surface area contributed by atoms with Crippen LogP contribution < -0.4 is 10.5 Å². The predicted molar refractivity (Wildman–Crippen MR) is 158 cm³/mol. The van der Waals surface area contributed by atoms with Crippen LogP contribution in [-0.2, 0) is 17.8 Å². The number of nitrogens with zero attached hydrogens (tertiary/aromatic N) is 6. The van der Waals surface area contributed by atoms with Gasteiger partial charge in [0.15, 0.2) is 0 Å². The number of anilines is 1. The van der Waals surface area contributed by atoms with Crippen molar-refractivity contribution >= 4 is 39.9 Å². The van der Waals surface area contributed by atoms with Gasteiger partial charge >= 0.3 is 0 Å². The van der Waals surface area contributed by atoms with Gasteiger partial charge in [-0.2, -0.15) is 0 Å². The Morgan fingerprint density at radius 1 is 1.00 bits per heavy atom. The Kier molecular flexibility index (Phi) is 7.02. The molecule has 1 aliphatic rings. The van der Waals surface area contributed by atoms with Crippen LogP contribution >= 0.6 is 11.6 Å². The Hall–Kier alpha value is -4.17. The van der Waals surface area contributed by atoms with Crippen LogP contribution in [0, 0.1) is 6.92 Å². The lowest BCUT2D eigenvalue weighted by atomic mass is 10.1. The van der Waals surface area contributed by atoms with Gasteiger partial charge in [-0.3, -0.25) is 18.6 Å². The minimum atomic E-state index is -0.154. The fourth-order valence-corrected chi connectivity index (χ4v) is 5.86. The molecule has 1 aliphatic heterocycles. The van der Waals surface area contributed by atoms with Gasteiger partial charge in [0.25, 0.3) is 5.56 Å². The SMILES string of the molecule is Cc1cccc(N2CCN(C(=O)CCc3nnc4n(Cc5ccccc5Cl)c(=O)c5ccccc5n34)C[C@@H]2C)c1. The Bertz CT molecular complexity index is 1780. The second-order valence-electron chi connectivity index (χ2n) is 10.5. The zero-order valence-electron chi connectivity index (χ0n) is 22.6. The van der Waals surface area contributed by atoms with Crippen LogP contribution in [0.5, 0.6) is 0 Å². The van der Waals surface area contributed by atoms with Crippen LogP contribution in [0.1, 0.15) is 30.3 Å². The van der Waals surface area contributed by atoms with E-state index in [0.29, 0.717) is 47.9 Å². The average molecular weight is 555 g/mol. The van der Waals surface area contributed by atoms with E-state index >= 15 is 0 Å². The molecule has 0 radical (unpaired) electrons. The highest BCUT2D eigenvalue weighted by atomic mass is 35.5. The first-order valence-electron chi connectivity index (χ1n) is 13.6. The Morgan fingerprint density at radius 3 is 2.60 bits per heavy atom. The Morgan fingerprint density at radius 2 is 1.80 bits per heavy atom. The molecule has 2 aromatic heterocycles. The van der Waals surface area contributed by atoms with Gasteiger partial charge in [0, 0.05) is 49.2 Å². The summed E-state index contributed by atoms with van der Waals surface area (Å²) in [6.45, 7) is 6.68. The van der Waals surface area contributed by atoms with E-state index in [9.17, 15) is 9.59 Å². The van der Waals surface area contributed by atoms with Crippen molar-refractivity contribution in [3.63, 3.8) is 0 Å². The quantitative estimate of drug-likeness (QED) is 0.303. The summed E-state index contributed by atoms with van der Waals surface area (Å²) < 4.78 is 3.51. The van der Waals surface area contributed by atoms with E-state index in [1.807, 2.05) is 57.8 Å². The van der Waals surface area contributed by atoms with Crippen molar-refractivity contribution < 1.29 is 4.79 Å². The van der Waals surface area contributed by atoms with E-state index in [1.54, 1.807) is 4.57 Å². The fourth-order valence-electron chi connectivity index (χ4n) is 5.67. The number of hydrogen-bond acceptors (Lipinski definition) is 5. The summed E-state index contributed by atoms with van der Waals surface area (Å²) in [6.07, 6.45) is 0.733. The molecule has 0 N–H and O–H groups in total. The molecular weight excluding hydrogens is 524 g/mol. The average Bonchev–Trinajstić information content (AvgIpc) is 3.39. The summed E-state index contributed by atoms with van der Waals surface area (Å²) in [5, 5.41) is 10.0. The van der Waals surface area contributed by atoms with Crippen molar-refractivity contribution in [2.75, 3.05) is 24.5 Å². The number of aromatic nitrogens is 4. The molecule has 204 valence electrons. The van der Waals surface area contributed by atoms with Crippen molar-refractivity contribution in [2.24, 2.45) is 0 Å². The minimum absolute atomic E-state index is 0.0983. The largest absolute Gasteiger partial charge is 0.365 e. The highest BCUT2D eigenvalue weighted by Gasteiger charge is 2.27. The predicted octanol–water partition coefficient (Wildman–Crippen LogP) is 4.72. The standard InChI is InChI=1S/C31H31ClN6O2/c1-21-8-7-10-24(18-21)36-17-16-35(19-22(36)2)29(39)15-14-28-33-34-31-37(20-23-9-3-5-12-26(23)32)30(40)25-11-4-6-13-27(25)38(28)31/h3-13,18,22H,14-17,19-20H2,1-2H3/t22-/m0/s1. The molecule has 0 aliphatic carbocycles. The minimum Gasteiger partial charge on any atom is -0.365 e. The molecule has 3 aromatic carbocycles. The summed E-state index contributed by atoms with van der Waals surface area (Å²) >= 11 is 6.42. The van der Waals surface area contributed by atoms with Crippen molar-refractivity contribution in [3.05, 3.63) is 105 Å². The van der Waals surface area contributed by atoms with Crippen LogP contribution in [0.15, 0.2) is 77.6 Å². The third-order valence-corrected chi connectivity index (χ3v) is 8.11. The molecule has 0 spiro atoms. The molecule has 8 nitrogen and oxygen atoms in total. The third-order valence-electron chi connectivity index (χ3n) is 7.74. The van der Waals surface area contributed by atoms with E-state index in [-0.39, 0.29) is 24.1 Å². The number of para-hydroxylation sites is 1. The van der Waals surface area contributed by atoms with Crippen molar-refractivity contribution in [1.29, 1.82) is 0 Å². The monoisotopic (exact) mass is 554 g/mol. The highest BCUT2D eigenvalue weighted by Crippen LogP contribution is 2.23. The molecule has 0 unspecified atom stereocenters. The number of carbonyl (C=O) groups excluding carboxylic acids is 1. The first kappa shape index (κ1) is 26.1. The van der Waals surface area contributed by atoms with Crippen LogP contribution in [0.25, 0.3) is 16.7 Å². The molecule has 0 saturated carbocycles. The smallest absolute Gasteiger partial charge is 0.263 e. The zero-order valence-corrected chi connectivity index (χ0v) is 23.4. The molecule has 5 aromatic rings. The number of benzene rings is 3. The third kappa shape index (κ3) is 4.84. The lowest BCUT2D eigenvalue weighted by Crippen LogP contribution is -2.53. The maximum Gasteiger partial charge on any atom is 0.263 e. The number of piperazine rings is 1. The second-order valence-corrected chi connectivity index (χ2v) is 10.9. The van der Waals surface area contributed by atoms with E-state index < -0.39 is 0 Å². The number of rotatable bonds is 6. The Balaban J connectivity index is 1.24. The number of aryl methyl sites for hydroxylation is 2. The van der Waals surface area contributed by atoms with Crippen molar-refractivity contribution in [2.45, 2.75) is 39.3 Å². The molecule has 3 heterocycles. The molecule has 1 fully saturated rings. The van der Waals surface area contributed by atoms with E-state index in [4.69, 9.17) is 11.6 Å². The van der Waals surface area contributed by atoms with Gasteiger partial charge in [-0.05, 0) is 55.3 Å². The van der Waals surface area contributed by atoms with Crippen LogP contribution in [0.2, 0.25) is 5.02 Å². The van der Waals surface area contributed by atoms with E-state index in [1.165, 1.54) is 11.3 Å². The Labute approximate surface area is 237 Å². The van der Waals surface area contributed by atoms with Gasteiger partial charge < -0.3 is 9.80 Å². The summed E-state index contributed by atoms with van der Waals surface area (Å²) in [5.74, 6) is 1.19. The van der Waals surface area contributed by atoms with Gasteiger partial charge in [-0.15, -0.1) is 10.2 Å². The molecule has 9 heteroatoms. The summed E-state index contributed by atoms with van der Waals surface area (Å²) in [7, 11) is 0. The lowest BCUT2D eigenvalue weighted by Gasteiger charge is -2.41. The highest BCUT2D eigenvalue weighted by molar-refractivity contribution is 6.31. The van der Waals surface area contributed by atoms with E-state index in [0.717, 1.165) is 17.6 Å².